The van der Waals surface area contributed by atoms with Crippen LogP contribution >= 0.6 is 11.6 Å². The molecule has 0 aliphatic carbocycles. The van der Waals surface area contributed by atoms with Crippen molar-refractivity contribution in [1.29, 1.82) is 0 Å². The molecule has 3 amide bonds. The molecule has 4 rings (SSSR count). The highest BCUT2D eigenvalue weighted by molar-refractivity contribution is 6.32. The van der Waals surface area contributed by atoms with E-state index in [4.69, 9.17) is 21.1 Å². The number of carbonyl (C=O) groups is 2. The van der Waals surface area contributed by atoms with Crippen molar-refractivity contribution in [1.82, 2.24) is 10.2 Å². The van der Waals surface area contributed by atoms with E-state index in [2.05, 4.69) is 5.32 Å². The Kier molecular flexibility index (Phi) is 4.44. The Balaban J connectivity index is 1.62. The third-order valence-electron chi connectivity index (χ3n) is 4.83. The second-order valence-electron chi connectivity index (χ2n) is 6.77. The van der Waals surface area contributed by atoms with E-state index >= 15 is 0 Å². The van der Waals surface area contributed by atoms with E-state index in [1.807, 2.05) is 30.3 Å². The molecule has 6 nitrogen and oxygen atoms in total. The monoisotopic (exact) mass is 386 g/mol. The topological polar surface area (TPSA) is 67.9 Å². The van der Waals surface area contributed by atoms with Crippen molar-refractivity contribution in [3.05, 3.63) is 58.6 Å². The number of nitrogens with zero attached hydrogens (tertiary/aromatic N) is 1. The first-order valence-corrected chi connectivity index (χ1v) is 9.14. The minimum absolute atomic E-state index is 0.101. The number of halogens is 1. The van der Waals surface area contributed by atoms with E-state index in [1.54, 1.807) is 19.1 Å². The molecule has 0 radical (unpaired) electrons. The van der Waals surface area contributed by atoms with Crippen LogP contribution in [-0.2, 0) is 16.9 Å². The Bertz CT molecular complexity index is 902. The number of fused-ring (bicyclic) bond motifs is 1. The second kappa shape index (κ2) is 6.78. The zero-order chi connectivity index (χ0) is 19.0. The van der Waals surface area contributed by atoms with Gasteiger partial charge in [-0.2, -0.15) is 0 Å². The van der Waals surface area contributed by atoms with Gasteiger partial charge in [0.15, 0.2) is 11.5 Å². The highest BCUT2D eigenvalue weighted by atomic mass is 35.5. The molecule has 2 aliphatic heterocycles. The Morgan fingerprint density at radius 3 is 2.67 bits per heavy atom. The van der Waals surface area contributed by atoms with E-state index in [0.717, 1.165) is 12.0 Å². The van der Waals surface area contributed by atoms with Crippen molar-refractivity contribution < 1.29 is 19.1 Å². The number of benzene rings is 2. The lowest BCUT2D eigenvalue weighted by molar-refractivity contribution is -0.131. The van der Waals surface area contributed by atoms with Gasteiger partial charge >= 0.3 is 6.03 Å². The molecule has 1 fully saturated rings. The van der Waals surface area contributed by atoms with Gasteiger partial charge in [0.1, 0.15) is 5.54 Å². The molecule has 0 saturated carbocycles. The molecule has 0 spiro atoms. The summed E-state index contributed by atoms with van der Waals surface area (Å²) < 4.78 is 11.3. The summed E-state index contributed by atoms with van der Waals surface area (Å²) in [5, 5.41) is 3.21. The van der Waals surface area contributed by atoms with Gasteiger partial charge in [-0.15, -0.1) is 0 Å². The van der Waals surface area contributed by atoms with Crippen LogP contribution in [0.4, 0.5) is 4.79 Å². The molecule has 1 N–H and O–H groups in total. The zero-order valence-electron chi connectivity index (χ0n) is 14.8. The van der Waals surface area contributed by atoms with Crippen LogP contribution in [0.1, 0.15) is 24.5 Å². The molecule has 1 saturated heterocycles. The van der Waals surface area contributed by atoms with Crippen molar-refractivity contribution in [2.45, 2.75) is 25.4 Å². The summed E-state index contributed by atoms with van der Waals surface area (Å²) >= 11 is 6.32. The normalized spacial score (nSPS) is 21.8. The molecule has 2 heterocycles. The van der Waals surface area contributed by atoms with Gasteiger partial charge in [-0.1, -0.05) is 41.9 Å². The quantitative estimate of drug-likeness (QED) is 0.820. The molecule has 0 aromatic heterocycles. The fourth-order valence-electron chi connectivity index (χ4n) is 3.37. The van der Waals surface area contributed by atoms with Crippen molar-refractivity contribution in [2.75, 3.05) is 13.2 Å². The van der Waals surface area contributed by atoms with Gasteiger partial charge in [-0.3, -0.25) is 9.69 Å². The summed E-state index contributed by atoms with van der Waals surface area (Å²) in [5.41, 5.74) is 0.348. The summed E-state index contributed by atoms with van der Waals surface area (Å²) in [6, 6.07) is 12.2. The van der Waals surface area contributed by atoms with Crippen LogP contribution in [0.5, 0.6) is 11.5 Å². The van der Waals surface area contributed by atoms with Gasteiger partial charge < -0.3 is 14.8 Å². The summed E-state index contributed by atoms with van der Waals surface area (Å²) in [5.74, 6) is 0.735. The average Bonchev–Trinajstić information content (AvgIpc) is 2.84. The highest BCUT2D eigenvalue weighted by Gasteiger charge is 2.48. The summed E-state index contributed by atoms with van der Waals surface area (Å²) in [4.78, 5) is 26.7. The smallest absolute Gasteiger partial charge is 0.325 e. The fraction of sp³-hybridized carbons (Fsp3) is 0.300. The number of urea groups is 1. The third-order valence-corrected chi connectivity index (χ3v) is 5.11. The van der Waals surface area contributed by atoms with Crippen LogP contribution < -0.4 is 14.8 Å². The van der Waals surface area contributed by atoms with Gasteiger partial charge in [0, 0.05) is 6.42 Å². The molecular weight excluding hydrogens is 368 g/mol. The number of rotatable bonds is 3. The first kappa shape index (κ1) is 17.7. The number of ether oxygens (including phenoxy) is 2. The van der Waals surface area contributed by atoms with Crippen LogP contribution in [0.2, 0.25) is 5.02 Å². The molecule has 0 bridgehead atoms. The largest absolute Gasteiger partial charge is 0.489 e. The van der Waals surface area contributed by atoms with Gasteiger partial charge in [-0.25, -0.2) is 4.79 Å². The number of hydrogen-bond donors (Lipinski definition) is 1. The first-order chi connectivity index (χ1) is 13.0. The number of carbonyl (C=O) groups excluding carboxylic acids is 2. The molecule has 2 aromatic rings. The lowest BCUT2D eigenvalue weighted by atomic mass is 9.92. The minimum Gasteiger partial charge on any atom is -0.489 e. The van der Waals surface area contributed by atoms with Gasteiger partial charge in [0.25, 0.3) is 5.91 Å². The van der Waals surface area contributed by atoms with Crippen molar-refractivity contribution >= 4 is 23.5 Å². The number of amides is 3. The van der Waals surface area contributed by atoms with Crippen molar-refractivity contribution in [3.8, 4) is 11.5 Å². The maximum Gasteiger partial charge on any atom is 0.325 e. The SMILES string of the molecule is C[C@@]1(c2ccccc2)NC(=O)N(Cc2cc(Cl)c3c(c2)OCCCO3)C1=O. The summed E-state index contributed by atoms with van der Waals surface area (Å²) in [7, 11) is 0. The van der Waals surface area contributed by atoms with Crippen LogP contribution in [0, 0.1) is 0 Å². The van der Waals surface area contributed by atoms with E-state index in [-0.39, 0.29) is 12.5 Å². The van der Waals surface area contributed by atoms with Crippen molar-refractivity contribution in [3.63, 3.8) is 0 Å². The predicted octanol–water partition coefficient (Wildman–Crippen LogP) is 3.47. The highest BCUT2D eigenvalue weighted by Crippen LogP contribution is 2.39. The Morgan fingerprint density at radius 2 is 1.89 bits per heavy atom. The maximum absolute atomic E-state index is 13.0. The Hall–Kier alpha value is -2.73. The molecule has 7 heteroatoms. The third kappa shape index (κ3) is 3.10. The Morgan fingerprint density at radius 1 is 1.15 bits per heavy atom. The maximum atomic E-state index is 13.0. The first-order valence-electron chi connectivity index (χ1n) is 8.77. The van der Waals surface area contributed by atoms with E-state index < -0.39 is 11.6 Å². The molecular formula is C20H19ClN2O4. The second-order valence-corrected chi connectivity index (χ2v) is 7.18. The predicted molar refractivity (Wildman–Crippen MR) is 99.9 cm³/mol. The van der Waals surface area contributed by atoms with Crippen LogP contribution in [0.25, 0.3) is 0 Å². The van der Waals surface area contributed by atoms with Crippen molar-refractivity contribution in [2.24, 2.45) is 0 Å². The summed E-state index contributed by atoms with van der Waals surface area (Å²) in [6.07, 6.45) is 0.767. The van der Waals surface area contributed by atoms with E-state index in [0.29, 0.717) is 35.3 Å². The molecule has 0 unspecified atom stereocenters. The number of imide groups is 1. The molecule has 27 heavy (non-hydrogen) atoms. The van der Waals surface area contributed by atoms with Crippen LogP contribution in [0.15, 0.2) is 42.5 Å². The number of hydrogen-bond acceptors (Lipinski definition) is 4. The molecule has 2 aliphatic rings. The van der Waals surface area contributed by atoms with Crippen LogP contribution in [-0.4, -0.2) is 30.1 Å². The molecule has 140 valence electrons. The lowest BCUT2D eigenvalue weighted by Crippen LogP contribution is -2.40. The Labute approximate surface area is 162 Å². The fourth-order valence-corrected chi connectivity index (χ4v) is 3.65. The molecule has 2 aromatic carbocycles. The average molecular weight is 387 g/mol. The molecule has 1 atom stereocenters. The zero-order valence-corrected chi connectivity index (χ0v) is 15.6. The number of nitrogens with one attached hydrogen (secondary N) is 1. The lowest BCUT2D eigenvalue weighted by Gasteiger charge is -2.22. The van der Waals surface area contributed by atoms with Crippen LogP contribution in [0.3, 0.4) is 0 Å². The summed E-state index contributed by atoms with van der Waals surface area (Å²) in [6.45, 7) is 2.88. The standard InChI is InChI=1S/C20H19ClN2O4/c1-20(14-6-3-2-4-7-14)18(24)23(19(25)22-20)12-13-10-15(21)17-16(11-13)26-8-5-9-27-17/h2-4,6-7,10-11H,5,8-9,12H2,1H3,(H,22,25)/t20-/m0/s1. The van der Waals surface area contributed by atoms with E-state index in [9.17, 15) is 9.59 Å². The van der Waals surface area contributed by atoms with Gasteiger partial charge in [-0.05, 0) is 30.2 Å². The van der Waals surface area contributed by atoms with Gasteiger partial charge in [0.05, 0.1) is 24.8 Å². The minimum atomic E-state index is -1.09. The van der Waals surface area contributed by atoms with Gasteiger partial charge in [0.2, 0.25) is 0 Å². The van der Waals surface area contributed by atoms with E-state index in [1.165, 1.54) is 4.90 Å².